The maximum absolute atomic E-state index is 10.0. The van der Waals surface area contributed by atoms with Crippen LogP contribution in [0.15, 0.2) is 42.7 Å². The molecule has 0 unspecified atom stereocenters. The van der Waals surface area contributed by atoms with Crippen molar-refractivity contribution < 1.29 is 5.11 Å². The summed E-state index contributed by atoms with van der Waals surface area (Å²) in [5, 5.41) is 19.7. The molecule has 1 aromatic heterocycles. The minimum absolute atomic E-state index is 0.310. The Morgan fingerprint density at radius 2 is 2.00 bits per heavy atom. The summed E-state index contributed by atoms with van der Waals surface area (Å²) in [5.74, 6) is 1.05. The third-order valence-corrected chi connectivity index (χ3v) is 3.25. The third-order valence-electron chi connectivity index (χ3n) is 3.25. The Bertz CT molecular complexity index is 736. The number of hydrogen-bond acceptors (Lipinski definition) is 4. The van der Waals surface area contributed by atoms with E-state index in [4.69, 9.17) is 0 Å². The molecule has 3 rings (SSSR count). The molecule has 0 amide bonds. The van der Waals surface area contributed by atoms with Crippen LogP contribution in [0.25, 0.3) is 10.8 Å². The summed E-state index contributed by atoms with van der Waals surface area (Å²) < 4.78 is 1.67. The van der Waals surface area contributed by atoms with Crippen LogP contribution in [0.3, 0.4) is 0 Å². The highest BCUT2D eigenvalue weighted by atomic mass is 16.3. The summed E-state index contributed by atoms with van der Waals surface area (Å²) in [6.45, 7) is 1.15. The fraction of sp³-hybridized carbons (Fsp3) is 0.200. The lowest BCUT2D eigenvalue weighted by molar-refractivity contribution is 0.465. The number of benzene rings is 2. The van der Waals surface area contributed by atoms with Crippen molar-refractivity contribution in [1.29, 1.82) is 0 Å². The van der Waals surface area contributed by atoms with Gasteiger partial charge in [0, 0.05) is 19.2 Å². The van der Waals surface area contributed by atoms with E-state index in [9.17, 15) is 5.11 Å². The molecule has 2 aromatic carbocycles. The van der Waals surface area contributed by atoms with Crippen LogP contribution in [-0.4, -0.2) is 19.9 Å². The summed E-state index contributed by atoms with van der Waals surface area (Å²) in [6.07, 6.45) is 1.67. The van der Waals surface area contributed by atoms with E-state index in [0.717, 1.165) is 22.2 Å². The first-order chi connectivity index (χ1) is 9.74. The number of fused-ring (bicyclic) bond motifs is 1. The van der Waals surface area contributed by atoms with Crippen molar-refractivity contribution in [2.24, 2.45) is 7.05 Å². The lowest BCUT2D eigenvalue weighted by atomic mass is 10.0. The number of phenols is 1. The molecule has 0 saturated carbocycles. The molecule has 102 valence electrons. The molecule has 0 aliphatic carbocycles. The SMILES string of the molecule is Cn1cnc(CNCc2c(O)ccc3ccccc23)n1. The molecule has 5 heteroatoms. The van der Waals surface area contributed by atoms with Gasteiger partial charge in [0.2, 0.25) is 0 Å². The second-order valence-corrected chi connectivity index (χ2v) is 4.72. The Hall–Kier alpha value is -2.40. The van der Waals surface area contributed by atoms with Gasteiger partial charge in [-0.3, -0.25) is 4.68 Å². The van der Waals surface area contributed by atoms with Crippen molar-refractivity contribution in [2.75, 3.05) is 0 Å². The van der Waals surface area contributed by atoms with Crippen molar-refractivity contribution in [1.82, 2.24) is 20.1 Å². The summed E-state index contributed by atoms with van der Waals surface area (Å²) >= 11 is 0. The lowest BCUT2D eigenvalue weighted by Gasteiger charge is -2.09. The van der Waals surface area contributed by atoms with Gasteiger partial charge in [-0.05, 0) is 16.8 Å². The Kier molecular flexibility index (Phi) is 3.35. The summed E-state index contributed by atoms with van der Waals surface area (Å²) in [7, 11) is 1.84. The first-order valence-electron chi connectivity index (χ1n) is 6.49. The number of aromatic nitrogens is 3. The van der Waals surface area contributed by atoms with Gasteiger partial charge < -0.3 is 10.4 Å². The second-order valence-electron chi connectivity index (χ2n) is 4.72. The molecule has 0 aliphatic heterocycles. The Morgan fingerprint density at radius 3 is 2.80 bits per heavy atom. The highest BCUT2D eigenvalue weighted by molar-refractivity contribution is 5.87. The minimum Gasteiger partial charge on any atom is -0.508 e. The van der Waals surface area contributed by atoms with Crippen LogP contribution in [0, 0.1) is 0 Å². The number of aryl methyl sites for hydroxylation is 1. The molecule has 0 fully saturated rings. The number of aromatic hydroxyl groups is 1. The van der Waals surface area contributed by atoms with E-state index in [1.54, 1.807) is 17.1 Å². The molecule has 5 nitrogen and oxygen atoms in total. The van der Waals surface area contributed by atoms with E-state index >= 15 is 0 Å². The van der Waals surface area contributed by atoms with Crippen molar-refractivity contribution in [2.45, 2.75) is 13.1 Å². The van der Waals surface area contributed by atoms with Gasteiger partial charge in [0.05, 0.1) is 6.54 Å². The standard InChI is InChI=1S/C15H16N4O/c1-19-10-17-15(18-19)9-16-8-13-12-5-3-2-4-11(12)6-7-14(13)20/h2-7,10,16,20H,8-9H2,1H3. The minimum atomic E-state index is 0.310. The smallest absolute Gasteiger partial charge is 0.164 e. The maximum atomic E-state index is 10.0. The fourth-order valence-corrected chi connectivity index (χ4v) is 2.27. The van der Waals surface area contributed by atoms with Crippen LogP contribution in [0.4, 0.5) is 0 Å². The van der Waals surface area contributed by atoms with Crippen LogP contribution in [0.2, 0.25) is 0 Å². The average molecular weight is 268 g/mol. The summed E-state index contributed by atoms with van der Waals surface area (Å²) in [5.41, 5.74) is 0.902. The highest BCUT2D eigenvalue weighted by Gasteiger charge is 2.07. The van der Waals surface area contributed by atoms with Gasteiger partial charge in [-0.2, -0.15) is 5.10 Å². The second kappa shape index (κ2) is 5.30. The first kappa shape index (κ1) is 12.6. The van der Waals surface area contributed by atoms with Crippen LogP contribution in [0.1, 0.15) is 11.4 Å². The zero-order valence-electron chi connectivity index (χ0n) is 11.2. The van der Waals surface area contributed by atoms with E-state index in [1.165, 1.54) is 0 Å². The molecule has 2 N–H and O–H groups in total. The van der Waals surface area contributed by atoms with Gasteiger partial charge in [0.1, 0.15) is 12.1 Å². The van der Waals surface area contributed by atoms with Crippen LogP contribution >= 0.6 is 0 Å². The van der Waals surface area contributed by atoms with E-state index in [1.807, 2.05) is 37.4 Å². The molecular weight excluding hydrogens is 252 g/mol. The number of nitrogens with one attached hydrogen (secondary N) is 1. The zero-order chi connectivity index (χ0) is 13.9. The van der Waals surface area contributed by atoms with Gasteiger partial charge in [0.15, 0.2) is 5.82 Å². The Morgan fingerprint density at radius 1 is 1.15 bits per heavy atom. The zero-order valence-corrected chi connectivity index (χ0v) is 11.2. The largest absolute Gasteiger partial charge is 0.508 e. The van der Waals surface area contributed by atoms with Gasteiger partial charge >= 0.3 is 0 Å². The molecule has 20 heavy (non-hydrogen) atoms. The number of rotatable bonds is 4. The van der Waals surface area contributed by atoms with Gasteiger partial charge in [-0.25, -0.2) is 4.98 Å². The van der Waals surface area contributed by atoms with Crippen molar-refractivity contribution >= 4 is 10.8 Å². The van der Waals surface area contributed by atoms with Crippen LogP contribution < -0.4 is 5.32 Å². The van der Waals surface area contributed by atoms with E-state index < -0.39 is 0 Å². The molecule has 0 radical (unpaired) electrons. The molecule has 1 heterocycles. The predicted molar refractivity (Wildman–Crippen MR) is 77.2 cm³/mol. The van der Waals surface area contributed by atoms with Crippen molar-refractivity contribution in [3.05, 3.63) is 54.1 Å². The van der Waals surface area contributed by atoms with Crippen molar-refractivity contribution in [3.63, 3.8) is 0 Å². The molecule has 0 bridgehead atoms. The first-order valence-corrected chi connectivity index (χ1v) is 6.49. The van der Waals surface area contributed by atoms with Crippen LogP contribution in [-0.2, 0) is 20.1 Å². The quantitative estimate of drug-likeness (QED) is 0.759. The van der Waals surface area contributed by atoms with E-state index in [0.29, 0.717) is 18.8 Å². The normalized spacial score (nSPS) is 11.1. The van der Waals surface area contributed by atoms with Crippen LogP contribution in [0.5, 0.6) is 5.75 Å². The molecule has 3 aromatic rings. The number of phenolic OH excluding ortho intramolecular Hbond substituents is 1. The summed E-state index contributed by atoms with van der Waals surface area (Å²) in [6, 6.07) is 11.7. The van der Waals surface area contributed by atoms with Gasteiger partial charge in [0.25, 0.3) is 0 Å². The maximum Gasteiger partial charge on any atom is 0.164 e. The van der Waals surface area contributed by atoms with Gasteiger partial charge in [-0.1, -0.05) is 30.3 Å². The Labute approximate surface area is 116 Å². The molecule has 0 saturated heterocycles. The number of nitrogens with zero attached hydrogens (tertiary/aromatic N) is 3. The van der Waals surface area contributed by atoms with Gasteiger partial charge in [-0.15, -0.1) is 0 Å². The number of hydrogen-bond donors (Lipinski definition) is 2. The molecular formula is C15H16N4O. The van der Waals surface area contributed by atoms with E-state index in [-0.39, 0.29) is 0 Å². The molecule has 0 spiro atoms. The third kappa shape index (κ3) is 2.48. The highest BCUT2D eigenvalue weighted by Crippen LogP contribution is 2.26. The van der Waals surface area contributed by atoms with Crippen molar-refractivity contribution in [3.8, 4) is 5.75 Å². The molecule has 0 aliphatic rings. The molecule has 0 atom stereocenters. The summed E-state index contributed by atoms with van der Waals surface area (Å²) in [4.78, 5) is 4.16. The topological polar surface area (TPSA) is 63.0 Å². The monoisotopic (exact) mass is 268 g/mol. The fourth-order valence-electron chi connectivity index (χ4n) is 2.27. The lowest BCUT2D eigenvalue weighted by Crippen LogP contribution is -2.14. The van der Waals surface area contributed by atoms with E-state index in [2.05, 4.69) is 15.4 Å². The average Bonchev–Trinajstić information content (AvgIpc) is 2.87. The predicted octanol–water partition coefficient (Wildman–Crippen LogP) is 1.96. The Balaban J connectivity index is 1.78.